The zero-order chi connectivity index (χ0) is 15.9. The van der Waals surface area contributed by atoms with Crippen LogP contribution in [-0.4, -0.2) is 29.1 Å². The summed E-state index contributed by atoms with van der Waals surface area (Å²) in [4.78, 5) is 14.8. The number of nitrogens with zero attached hydrogens (tertiary/aromatic N) is 2. The van der Waals surface area contributed by atoms with Crippen LogP contribution in [0.4, 0.5) is 0 Å². The van der Waals surface area contributed by atoms with E-state index in [9.17, 15) is 4.79 Å². The molecule has 1 aromatic heterocycles. The Morgan fingerprint density at radius 3 is 2.55 bits per heavy atom. The molecule has 0 saturated carbocycles. The Labute approximate surface area is 133 Å². The maximum absolute atomic E-state index is 12.8. The fourth-order valence-corrected chi connectivity index (χ4v) is 3.67. The number of aromatic nitrogens is 1. The number of carbonyl (C=O) groups excluding carboxylic acids is 1. The Balaban J connectivity index is 1.79. The lowest BCUT2D eigenvalue weighted by atomic mass is 9.71. The van der Waals surface area contributed by atoms with Gasteiger partial charge in [0.25, 0.3) is 5.91 Å². The summed E-state index contributed by atoms with van der Waals surface area (Å²) >= 11 is 0. The average Bonchev–Trinajstić information content (AvgIpc) is 2.89. The molecule has 1 amide bonds. The van der Waals surface area contributed by atoms with Crippen molar-refractivity contribution in [2.24, 2.45) is 17.3 Å². The van der Waals surface area contributed by atoms with E-state index in [0.717, 1.165) is 62.4 Å². The minimum absolute atomic E-state index is 0.0754. The summed E-state index contributed by atoms with van der Waals surface area (Å²) in [7, 11) is 0. The standard InChI is InChI=1S/C18H28N2O2/c1-12-7-9-20(10-8-12)17(21)16-14-11-13(18(2,3)4)5-6-15(14)22-19-16/h12-13H,5-11H2,1-4H3/t13-/m0/s1. The molecule has 0 bridgehead atoms. The third-order valence-corrected chi connectivity index (χ3v) is 5.54. The Bertz CT molecular complexity index is 548. The molecule has 4 heteroatoms. The molecule has 1 saturated heterocycles. The van der Waals surface area contributed by atoms with Crippen LogP contribution in [0.1, 0.15) is 68.8 Å². The van der Waals surface area contributed by atoms with Crippen LogP contribution in [0, 0.1) is 17.3 Å². The number of rotatable bonds is 1. The Morgan fingerprint density at radius 2 is 1.91 bits per heavy atom. The number of amides is 1. The number of hydrogen-bond acceptors (Lipinski definition) is 3. The van der Waals surface area contributed by atoms with Crippen LogP contribution in [-0.2, 0) is 12.8 Å². The summed E-state index contributed by atoms with van der Waals surface area (Å²) in [6.45, 7) is 10.8. The lowest BCUT2D eigenvalue weighted by molar-refractivity contribution is 0.0685. The van der Waals surface area contributed by atoms with Crippen LogP contribution in [0.2, 0.25) is 0 Å². The fraction of sp³-hybridized carbons (Fsp3) is 0.778. The van der Waals surface area contributed by atoms with Gasteiger partial charge < -0.3 is 9.42 Å². The van der Waals surface area contributed by atoms with E-state index < -0.39 is 0 Å². The van der Waals surface area contributed by atoms with Gasteiger partial charge in [0.05, 0.1) is 0 Å². The van der Waals surface area contributed by atoms with Crippen LogP contribution < -0.4 is 0 Å². The molecule has 1 aliphatic heterocycles. The van der Waals surface area contributed by atoms with E-state index in [1.54, 1.807) is 0 Å². The predicted octanol–water partition coefficient (Wildman–Crippen LogP) is 3.70. The van der Waals surface area contributed by atoms with Crippen molar-refractivity contribution >= 4 is 5.91 Å². The quantitative estimate of drug-likeness (QED) is 0.795. The van der Waals surface area contributed by atoms with E-state index in [1.807, 2.05) is 4.90 Å². The molecule has 122 valence electrons. The zero-order valence-corrected chi connectivity index (χ0v) is 14.3. The van der Waals surface area contributed by atoms with E-state index in [-0.39, 0.29) is 11.3 Å². The van der Waals surface area contributed by atoms with Crippen LogP contribution in [0.25, 0.3) is 0 Å². The number of aryl methyl sites for hydroxylation is 1. The first kappa shape index (κ1) is 15.6. The summed E-state index contributed by atoms with van der Waals surface area (Å²) in [6.07, 6.45) is 5.15. The second-order valence-corrected chi connectivity index (χ2v) is 8.21. The van der Waals surface area contributed by atoms with Crippen molar-refractivity contribution in [2.45, 2.75) is 59.8 Å². The molecule has 0 spiro atoms. The van der Waals surface area contributed by atoms with Crippen LogP contribution in [0.5, 0.6) is 0 Å². The normalized spacial score (nSPS) is 23.5. The van der Waals surface area contributed by atoms with Gasteiger partial charge in [-0.15, -0.1) is 0 Å². The monoisotopic (exact) mass is 304 g/mol. The molecule has 2 heterocycles. The molecular weight excluding hydrogens is 276 g/mol. The third kappa shape index (κ3) is 2.92. The Morgan fingerprint density at radius 1 is 1.23 bits per heavy atom. The second-order valence-electron chi connectivity index (χ2n) is 8.21. The molecule has 0 unspecified atom stereocenters. The molecule has 3 rings (SSSR count). The first-order valence-electron chi connectivity index (χ1n) is 8.63. The lowest BCUT2D eigenvalue weighted by Gasteiger charge is -2.34. The molecule has 2 aliphatic rings. The number of likely N-dealkylation sites (tertiary alicyclic amines) is 1. The minimum Gasteiger partial charge on any atom is -0.360 e. The van der Waals surface area contributed by atoms with Crippen LogP contribution >= 0.6 is 0 Å². The minimum atomic E-state index is 0.0754. The summed E-state index contributed by atoms with van der Waals surface area (Å²) in [5.74, 6) is 2.33. The van der Waals surface area contributed by atoms with Gasteiger partial charge in [-0.05, 0) is 42.9 Å². The predicted molar refractivity (Wildman–Crippen MR) is 85.8 cm³/mol. The molecule has 0 radical (unpaired) electrons. The molecule has 0 aromatic carbocycles. The molecule has 22 heavy (non-hydrogen) atoms. The molecule has 4 nitrogen and oxygen atoms in total. The van der Waals surface area contributed by atoms with E-state index in [4.69, 9.17) is 4.52 Å². The van der Waals surface area contributed by atoms with Gasteiger partial charge in [-0.3, -0.25) is 4.79 Å². The van der Waals surface area contributed by atoms with Crippen molar-refractivity contribution in [3.63, 3.8) is 0 Å². The van der Waals surface area contributed by atoms with Crippen molar-refractivity contribution in [3.8, 4) is 0 Å². The maximum atomic E-state index is 12.8. The van der Waals surface area contributed by atoms with Crippen molar-refractivity contribution < 1.29 is 9.32 Å². The third-order valence-electron chi connectivity index (χ3n) is 5.54. The Hall–Kier alpha value is -1.32. The maximum Gasteiger partial charge on any atom is 0.276 e. The van der Waals surface area contributed by atoms with E-state index in [1.165, 1.54) is 0 Å². The number of hydrogen-bond donors (Lipinski definition) is 0. The molecule has 1 fully saturated rings. The largest absolute Gasteiger partial charge is 0.360 e. The van der Waals surface area contributed by atoms with Gasteiger partial charge >= 0.3 is 0 Å². The first-order chi connectivity index (χ1) is 10.4. The highest BCUT2D eigenvalue weighted by Crippen LogP contribution is 2.38. The number of piperidine rings is 1. The number of fused-ring (bicyclic) bond motifs is 1. The van der Waals surface area contributed by atoms with Gasteiger partial charge in [0, 0.05) is 25.1 Å². The van der Waals surface area contributed by atoms with Gasteiger partial charge in [-0.2, -0.15) is 0 Å². The molecule has 1 aliphatic carbocycles. The molecule has 1 atom stereocenters. The SMILES string of the molecule is CC1CCN(C(=O)c2noc3c2C[C@@H](C(C)(C)C)CC3)CC1. The van der Waals surface area contributed by atoms with Gasteiger partial charge in [0.15, 0.2) is 5.69 Å². The summed E-state index contributed by atoms with van der Waals surface area (Å²) in [6, 6.07) is 0. The Kier molecular flexibility index (Phi) is 4.04. The van der Waals surface area contributed by atoms with E-state index in [0.29, 0.717) is 11.6 Å². The highest BCUT2D eigenvalue weighted by molar-refractivity contribution is 5.94. The second kappa shape index (κ2) is 5.71. The van der Waals surface area contributed by atoms with Gasteiger partial charge in [-0.25, -0.2) is 0 Å². The van der Waals surface area contributed by atoms with Gasteiger partial charge in [0.1, 0.15) is 5.76 Å². The van der Waals surface area contributed by atoms with E-state index in [2.05, 4.69) is 32.9 Å². The molecule has 1 aromatic rings. The highest BCUT2D eigenvalue weighted by atomic mass is 16.5. The van der Waals surface area contributed by atoms with Gasteiger partial charge in [-0.1, -0.05) is 32.9 Å². The van der Waals surface area contributed by atoms with Gasteiger partial charge in [0.2, 0.25) is 0 Å². The van der Waals surface area contributed by atoms with Crippen molar-refractivity contribution in [1.82, 2.24) is 10.1 Å². The summed E-state index contributed by atoms with van der Waals surface area (Å²) < 4.78 is 5.48. The smallest absolute Gasteiger partial charge is 0.276 e. The topological polar surface area (TPSA) is 46.3 Å². The summed E-state index contributed by atoms with van der Waals surface area (Å²) in [5, 5.41) is 4.14. The highest BCUT2D eigenvalue weighted by Gasteiger charge is 2.35. The van der Waals surface area contributed by atoms with Crippen molar-refractivity contribution in [1.29, 1.82) is 0 Å². The fourth-order valence-electron chi connectivity index (χ4n) is 3.67. The number of carbonyl (C=O) groups is 1. The average molecular weight is 304 g/mol. The molecule has 0 N–H and O–H groups in total. The van der Waals surface area contributed by atoms with Crippen molar-refractivity contribution in [2.75, 3.05) is 13.1 Å². The van der Waals surface area contributed by atoms with Crippen LogP contribution in [0.15, 0.2) is 4.52 Å². The first-order valence-corrected chi connectivity index (χ1v) is 8.63. The van der Waals surface area contributed by atoms with Crippen LogP contribution in [0.3, 0.4) is 0 Å². The summed E-state index contributed by atoms with van der Waals surface area (Å²) in [5.41, 5.74) is 1.92. The lowest BCUT2D eigenvalue weighted by Crippen LogP contribution is -2.38. The molecular formula is C18H28N2O2. The van der Waals surface area contributed by atoms with Crippen molar-refractivity contribution in [3.05, 3.63) is 17.0 Å². The zero-order valence-electron chi connectivity index (χ0n) is 14.3. The van der Waals surface area contributed by atoms with E-state index >= 15 is 0 Å².